The molecule has 7 heteroatoms. The van der Waals surface area contributed by atoms with E-state index in [0.29, 0.717) is 54.5 Å². The molecule has 1 atom stereocenters. The highest BCUT2D eigenvalue weighted by Crippen LogP contribution is 2.33. The topological polar surface area (TPSA) is 60.8 Å². The third-order valence-electron chi connectivity index (χ3n) is 6.29. The van der Waals surface area contributed by atoms with E-state index in [1.165, 1.54) is 6.07 Å². The maximum Gasteiger partial charge on any atom is 0.310 e. The number of piperidine rings is 1. The molecule has 6 nitrogen and oxygen atoms in total. The van der Waals surface area contributed by atoms with E-state index in [0.717, 1.165) is 12.0 Å². The Bertz CT molecular complexity index is 1190. The summed E-state index contributed by atoms with van der Waals surface area (Å²) in [6, 6.07) is 15.8. The summed E-state index contributed by atoms with van der Waals surface area (Å²) in [5.74, 6) is -0.432. The second-order valence-corrected chi connectivity index (χ2v) is 8.39. The van der Waals surface area contributed by atoms with E-state index < -0.39 is 0 Å². The quantitative estimate of drug-likeness (QED) is 0.481. The van der Waals surface area contributed by atoms with Crippen molar-refractivity contribution >= 4 is 11.9 Å². The number of likely N-dealkylation sites (tertiary alicyclic amines) is 1. The summed E-state index contributed by atoms with van der Waals surface area (Å²) < 4.78 is 27.1. The number of carbonyl (C=O) groups excluding carboxylic acids is 2. The molecular formula is C27H29FN2O4. The number of amides is 1. The van der Waals surface area contributed by atoms with Gasteiger partial charge in [-0.15, -0.1) is 0 Å². The van der Waals surface area contributed by atoms with Gasteiger partial charge in [-0.25, -0.2) is 4.39 Å². The molecule has 2 heterocycles. The van der Waals surface area contributed by atoms with E-state index in [-0.39, 0.29) is 23.6 Å². The molecule has 2 aromatic carbocycles. The molecule has 0 radical (unpaired) electrons. The van der Waals surface area contributed by atoms with Crippen LogP contribution in [0.3, 0.4) is 0 Å². The van der Waals surface area contributed by atoms with Gasteiger partial charge in [-0.1, -0.05) is 12.1 Å². The molecule has 0 saturated carbocycles. The number of rotatable bonds is 6. The minimum atomic E-state index is -0.379. The number of aromatic nitrogens is 1. The highest BCUT2D eigenvalue weighted by molar-refractivity contribution is 5.97. The van der Waals surface area contributed by atoms with Gasteiger partial charge in [-0.2, -0.15) is 0 Å². The Morgan fingerprint density at radius 2 is 1.85 bits per heavy atom. The van der Waals surface area contributed by atoms with Crippen LogP contribution in [0.1, 0.15) is 35.8 Å². The highest BCUT2D eigenvalue weighted by atomic mass is 19.1. The molecule has 0 bridgehead atoms. The lowest BCUT2D eigenvalue weighted by atomic mass is 9.97. The van der Waals surface area contributed by atoms with Crippen molar-refractivity contribution in [1.82, 2.24) is 9.47 Å². The first-order chi connectivity index (χ1) is 16.4. The van der Waals surface area contributed by atoms with Crippen molar-refractivity contribution in [2.45, 2.75) is 26.7 Å². The Morgan fingerprint density at radius 3 is 2.53 bits per heavy atom. The fraction of sp³-hybridized carbons (Fsp3) is 0.333. The van der Waals surface area contributed by atoms with Gasteiger partial charge in [-0.3, -0.25) is 9.59 Å². The van der Waals surface area contributed by atoms with Crippen LogP contribution in [0.4, 0.5) is 4.39 Å². The van der Waals surface area contributed by atoms with E-state index in [1.54, 1.807) is 47.8 Å². The second kappa shape index (κ2) is 10.1. The molecule has 0 N–H and O–H groups in total. The summed E-state index contributed by atoms with van der Waals surface area (Å²) in [6.45, 7) is 4.80. The average Bonchev–Trinajstić information content (AvgIpc) is 3.21. The second-order valence-electron chi connectivity index (χ2n) is 8.39. The summed E-state index contributed by atoms with van der Waals surface area (Å²) in [6.07, 6.45) is 1.43. The third-order valence-corrected chi connectivity index (χ3v) is 6.29. The monoisotopic (exact) mass is 464 g/mol. The molecule has 1 aromatic heterocycles. The molecule has 4 rings (SSSR count). The molecule has 1 fully saturated rings. The van der Waals surface area contributed by atoms with Crippen LogP contribution >= 0.6 is 0 Å². The van der Waals surface area contributed by atoms with Gasteiger partial charge in [0.2, 0.25) is 0 Å². The van der Waals surface area contributed by atoms with Crippen molar-refractivity contribution in [1.29, 1.82) is 0 Å². The molecule has 0 spiro atoms. The van der Waals surface area contributed by atoms with Gasteiger partial charge >= 0.3 is 5.97 Å². The van der Waals surface area contributed by atoms with Crippen molar-refractivity contribution in [2.75, 3.05) is 26.8 Å². The van der Waals surface area contributed by atoms with Crippen LogP contribution in [-0.4, -0.2) is 48.1 Å². The van der Waals surface area contributed by atoms with Gasteiger partial charge < -0.3 is 18.9 Å². The van der Waals surface area contributed by atoms with Gasteiger partial charge in [0.05, 0.1) is 36.6 Å². The Hall–Kier alpha value is -3.61. The first kappa shape index (κ1) is 23.5. The largest absolute Gasteiger partial charge is 0.497 e. The zero-order chi connectivity index (χ0) is 24.2. The number of hydrogen-bond acceptors (Lipinski definition) is 4. The highest BCUT2D eigenvalue weighted by Gasteiger charge is 2.32. The number of halogens is 1. The predicted molar refractivity (Wildman–Crippen MR) is 128 cm³/mol. The average molecular weight is 465 g/mol. The summed E-state index contributed by atoms with van der Waals surface area (Å²) in [4.78, 5) is 27.6. The molecule has 1 saturated heterocycles. The lowest BCUT2D eigenvalue weighted by Gasteiger charge is -2.31. The Morgan fingerprint density at radius 1 is 1.12 bits per heavy atom. The minimum Gasteiger partial charge on any atom is -0.497 e. The van der Waals surface area contributed by atoms with Gasteiger partial charge in [-0.05, 0) is 74.7 Å². The van der Waals surface area contributed by atoms with Gasteiger partial charge in [0.1, 0.15) is 11.6 Å². The fourth-order valence-electron chi connectivity index (χ4n) is 4.53. The molecule has 3 aromatic rings. The maximum absolute atomic E-state index is 14.9. The van der Waals surface area contributed by atoms with E-state index >= 15 is 0 Å². The normalized spacial score (nSPS) is 15.8. The van der Waals surface area contributed by atoms with Crippen molar-refractivity contribution in [2.24, 2.45) is 5.92 Å². The Labute approximate surface area is 198 Å². The van der Waals surface area contributed by atoms with Gasteiger partial charge in [0, 0.05) is 18.8 Å². The van der Waals surface area contributed by atoms with E-state index in [2.05, 4.69) is 0 Å². The summed E-state index contributed by atoms with van der Waals surface area (Å²) in [5.41, 5.74) is 3.02. The zero-order valence-corrected chi connectivity index (χ0v) is 19.7. The molecule has 1 unspecified atom stereocenters. The van der Waals surface area contributed by atoms with Crippen molar-refractivity contribution in [3.63, 3.8) is 0 Å². The molecule has 178 valence electrons. The van der Waals surface area contributed by atoms with Crippen LogP contribution in [0.15, 0.2) is 54.6 Å². The lowest BCUT2D eigenvalue weighted by Crippen LogP contribution is -2.43. The Balaban J connectivity index is 1.75. The van der Waals surface area contributed by atoms with Crippen molar-refractivity contribution in [3.8, 4) is 22.7 Å². The fourth-order valence-corrected chi connectivity index (χ4v) is 4.53. The van der Waals surface area contributed by atoms with Crippen LogP contribution in [0.2, 0.25) is 0 Å². The molecule has 34 heavy (non-hydrogen) atoms. The van der Waals surface area contributed by atoms with Crippen LogP contribution < -0.4 is 4.74 Å². The first-order valence-electron chi connectivity index (χ1n) is 11.5. The number of methoxy groups -OCH3 is 1. The molecular weight excluding hydrogens is 435 g/mol. The van der Waals surface area contributed by atoms with E-state index in [9.17, 15) is 14.0 Å². The van der Waals surface area contributed by atoms with Crippen LogP contribution in [-0.2, 0) is 9.53 Å². The molecule has 1 aliphatic rings. The Kier molecular flexibility index (Phi) is 7.01. The SMILES string of the molecule is CCOC(=O)C1CCCN(C(=O)c2cc(-c3ccc(OC)cc3)n(-c3ccccc3F)c2C)C1. The number of benzene rings is 2. The predicted octanol–water partition coefficient (Wildman–Crippen LogP) is 5.02. The lowest BCUT2D eigenvalue weighted by molar-refractivity contribution is -0.149. The van der Waals surface area contributed by atoms with Crippen LogP contribution in [0, 0.1) is 18.7 Å². The summed E-state index contributed by atoms with van der Waals surface area (Å²) in [7, 11) is 1.60. The van der Waals surface area contributed by atoms with Gasteiger partial charge in [0.25, 0.3) is 5.91 Å². The first-order valence-corrected chi connectivity index (χ1v) is 11.5. The van der Waals surface area contributed by atoms with Gasteiger partial charge in [0.15, 0.2) is 0 Å². The summed E-state index contributed by atoms with van der Waals surface area (Å²) >= 11 is 0. The van der Waals surface area contributed by atoms with E-state index in [1.807, 2.05) is 31.2 Å². The number of para-hydroxylation sites is 1. The van der Waals surface area contributed by atoms with E-state index in [4.69, 9.17) is 9.47 Å². The number of carbonyl (C=O) groups is 2. The van der Waals surface area contributed by atoms with Crippen molar-refractivity contribution in [3.05, 3.63) is 71.7 Å². The number of hydrogen-bond donors (Lipinski definition) is 0. The zero-order valence-electron chi connectivity index (χ0n) is 19.7. The number of esters is 1. The van der Waals surface area contributed by atoms with Crippen LogP contribution in [0.5, 0.6) is 5.75 Å². The maximum atomic E-state index is 14.9. The summed E-state index contributed by atoms with van der Waals surface area (Å²) in [5, 5.41) is 0. The molecule has 0 aliphatic carbocycles. The standard InChI is InChI=1S/C27H29FN2O4/c1-4-34-27(32)20-8-7-15-29(17-20)26(31)22-16-25(19-11-13-21(33-3)14-12-19)30(18(22)2)24-10-6-5-9-23(24)28/h5-6,9-14,16,20H,4,7-8,15,17H2,1-3H3. The van der Waals surface area contributed by atoms with Crippen LogP contribution in [0.25, 0.3) is 16.9 Å². The minimum absolute atomic E-state index is 0.170. The number of ether oxygens (including phenoxy) is 2. The van der Waals surface area contributed by atoms with Crippen molar-refractivity contribution < 1.29 is 23.5 Å². The smallest absolute Gasteiger partial charge is 0.310 e. The molecule has 1 amide bonds. The molecule has 1 aliphatic heterocycles. The third kappa shape index (κ3) is 4.55. The number of nitrogens with zero attached hydrogens (tertiary/aromatic N) is 2.